The van der Waals surface area contributed by atoms with Gasteiger partial charge in [-0.2, -0.15) is 0 Å². The zero-order valence-electron chi connectivity index (χ0n) is 9.07. The summed E-state index contributed by atoms with van der Waals surface area (Å²) in [5.74, 6) is 1.90. The number of hydrogen-bond acceptors (Lipinski definition) is 4. The van der Waals surface area contributed by atoms with Gasteiger partial charge in [-0.05, 0) is 34.0 Å². The second-order valence-corrected chi connectivity index (χ2v) is 4.58. The van der Waals surface area contributed by atoms with Crippen LogP contribution in [0.25, 0.3) is 11.6 Å². The van der Waals surface area contributed by atoms with E-state index in [-0.39, 0.29) is 0 Å². The summed E-state index contributed by atoms with van der Waals surface area (Å²) in [5.41, 5.74) is 6.65. The van der Waals surface area contributed by atoms with Crippen molar-refractivity contribution >= 4 is 21.7 Å². The standard InChI is InChI=1S/C11H12BrN3O/c1-6(2)7-5-10(13)15-11(14-7)8-3-4-9(12)16-8/h3-6H,1-2H3,(H2,13,14,15). The van der Waals surface area contributed by atoms with Crippen molar-refractivity contribution in [3.63, 3.8) is 0 Å². The van der Waals surface area contributed by atoms with Crippen molar-refractivity contribution in [1.82, 2.24) is 9.97 Å². The minimum Gasteiger partial charge on any atom is -0.446 e. The van der Waals surface area contributed by atoms with Gasteiger partial charge in [0.25, 0.3) is 0 Å². The van der Waals surface area contributed by atoms with Gasteiger partial charge < -0.3 is 10.2 Å². The van der Waals surface area contributed by atoms with E-state index in [9.17, 15) is 0 Å². The number of nitrogens with zero attached hydrogens (tertiary/aromatic N) is 2. The van der Waals surface area contributed by atoms with Gasteiger partial charge in [-0.1, -0.05) is 13.8 Å². The maximum atomic E-state index is 5.74. The largest absolute Gasteiger partial charge is 0.446 e. The summed E-state index contributed by atoms with van der Waals surface area (Å²) in [5, 5.41) is 0. The van der Waals surface area contributed by atoms with Crippen LogP contribution in [0.4, 0.5) is 5.82 Å². The first kappa shape index (κ1) is 11.1. The summed E-state index contributed by atoms with van der Waals surface area (Å²) in [7, 11) is 0. The number of nitrogens with two attached hydrogens (primary N) is 1. The van der Waals surface area contributed by atoms with E-state index in [2.05, 4.69) is 39.7 Å². The molecule has 16 heavy (non-hydrogen) atoms. The third-order valence-electron chi connectivity index (χ3n) is 2.15. The Labute approximate surface area is 102 Å². The Hall–Kier alpha value is -1.36. The molecule has 2 N–H and O–H groups in total. The van der Waals surface area contributed by atoms with E-state index < -0.39 is 0 Å². The highest BCUT2D eigenvalue weighted by Gasteiger charge is 2.10. The number of aromatic nitrogens is 2. The molecule has 2 aromatic rings. The normalized spacial score (nSPS) is 11.0. The lowest BCUT2D eigenvalue weighted by Crippen LogP contribution is -2.01. The summed E-state index contributed by atoms with van der Waals surface area (Å²) >= 11 is 3.24. The van der Waals surface area contributed by atoms with E-state index in [1.807, 2.05) is 6.07 Å². The second-order valence-electron chi connectivity index (χ2n) is 3.80. The van der Waals surface area contributed by atoms with Crippen molar-refractivity contribution < 1.29 is 4.42 Å². The average molecular weight is 282 g/mol. The molecule has 0 aliphatic carbocycles. The summed E-state index contributed by atoms with van der Waals surface area (Å²) in [6.45, 7) is 4.12. The molecule has 0 spiro atoms. The van der Waals surface area contributed by atoms with Crippen LogP contribution in [0.1, 0.15) is 25.5 Å². The number of rotatable bonds is 2. The van der Waals surface area contributed by atoms with Gasteiger partial charge in [-0.15, -0.1) is 0 Å². The first-order chi connectivity index (χ1) is 7.56. The predicted octanol–water partition coefficient (Wildman–Crippen LogP) is 3.20. The Kier molecular flexibility index (Phi) is 2.96. The van der Waals surface area contributed by atoms with Crippen LogP contribution >= 0.6 is 15.9 Å². The third kappa shape index (κ3) is 2.24. The van der Waals surface area contributed by atoms with Crippen molar-refractivity contribution in [3.05, 3.63) is 28.6 Å². The summed E-state index contributed by atoms with van der Waals surface area (Å²) in [6.07, 6.45) is 0. The van der Waals surface area contributed by atoms with Crippen molar-refractivity contribution in [2.45, 2.75) is 19.8 Å². The highest BCUT2D eigenvalue weighted by atomic mass is 79.9. The average Bonchev–Trinajstić information content (AvgIpc) is 2.64. The van der Waals surface area contributed by atoms with Crippen molar-refractivity contribution in [1.29, 1.82) is 0 Å². The molecule has 2 heterocycles. The van der Waals surface area contributed by atoms with Gasteiger partial charge >= 0.3 is 0 Å². The Morgan fingerprint density at radius 3 is 2.62 bits per heavy atom. The Bertz CT molecular complexity index is 508. The molecule has 0 aromatic carbocycles. The van der Waals surface area contributed by atoms with Gasteiger partial charge in [-0.25, -0.2) is 9.97 Å². The maximum absolute atomic E-state index is 5.74. The molecule has 0 saturated heterocycles. The monoisotopic (exact) mass is 281 g/mol. The van der Waals surface area contributed by atoms with Crippen LogP contribution in [0.5, 0.6) is 0 Å². The van der Waals surface area contributed by atoms with Crippen LogP contribution in [0, 0.1) is 0 Å². The fourth-order valence-electron chi connectivity index (χ4n) is 1.33. The first-order valence-electron chi connectivity index (χ1n) is 4.96. The van der Waals surface area contributed by atoms with Crippen LogP contribution in [0.2, 0.25) is 0 Å². The van der Waals surface area contributed by atoms with Crippen molar-refractivity contribution in [2.75, 3.05) is 5.73 Å². The molecule has 0 atom stereocenters. The number of nitrogen functional groups attached to an aromatic ring is 1. The van der Waals surface area contributed by atoms with Gasteiger partial charge in [0.2, 0.25) is 0 Å². The molecular weight excluding hydrogens is 270 g/mol. The molecule has 0 amide bonds. The SMILES string of the molecule is CC(C)c1cc(N)nc(-c2ccc(Br)o2)n1. The van der Waals surface area contributed by atoms with Crippen LogP contribution in [-0.4, -0.2) is 9.97 Å². The van der Waals surface area contributed by atoms with Crippen LogP contribution in [-0.2, 0) is 0 Å². The molecule has 0 fully saturated rings. The Morgan fingerprint density at radius 2 is 2.06 bits per heavy atom. The van der Waals surface area contributed by atoms with E-state index >= 15 is 0 Å². The zero-order chi connectivity index (χ0) is 11.7. The number of hydrogen-bond donors (Lipinski definition) is 1. The van der Waals surface area contributed by atoms with Crippen molar-refractivity contribution in [3.8, 4) is 11.6 Å². The molecule has 2 rings (SSSR count). The summed E-state index contributed by atoms with van der Waals surface area (Å²) in [4.78, 5) is 8.56. The molecule has 0 saturated carbocycles. The molecule has 84 valence electrons. The van der Waals surface area contributed by atoms with Crippen LogP contribution in [0.15, 0.2) is 27.3 Å². The molecule has 0 aliphatic heterocycles. The van der Waals surface area contributed by atoms with E-state index in [1.54, 1.807) is 12.1 Å². The lowest BCUT2D eigenvalue weighted by Gasteiger charge is -2.06. The smallest absolute Gasteiger partial charge is 0.197 e. The maximum Gasteiger partial charge on any atom is 0.197 e. The highest BCUT2D eigenvalue weighted by molar-refractivity contribution is 9.10. The Balaban J connectivity index is 2.49. The molecule has 2 aromatic heterocycles. The molecule has 4 nitrogen and oxygen atoms in total. The van der Waals surface area contributed by atoms with E-state index in [4.69, 9.17) is 10.2 Å². The van der Waals surface area contributed by atoms with Gasteiger partial charge in [0.15, 0.2) is 16.3 Å². The molecular formula is C11H12BrN3O. The first-order valence-corrected chi connectivity index (χ1v) is 5.75. The molecule has 0 aliphatic rings. The van der Waals surface area contributed by atoms with Crippen molar-refractivity contribution in [2.24, 2.45) is 0 Å². The fraction of sp³-hybridized carbons (Fsp3) is 0.273. The van der Waals surface area contributed by atoms with E-state index in [1.165, 1.54) is 0 Å². The van der Waals surface area contributed by atoms with Gasteiger partial charge in [-0.3, -0.25) is 0 Å². The zero-order valence-corrected chi connectivity index (χ0v) is 10.7. The van der Waals surface area contributed by atoms with E-state index in [0.29, 0.717) is 28.0 Å². The Morgan fingerprint density at radius 1 is 1.31 bits per heavy atom. The van der Waals surface area contributed by atoms with Gasteiger partial charge in [0.1, 0.15) is 5.82 Å². The molecule has 0 unspecified atom stereocenters. The summed E-state index contributed by atoms with van der Waals surface area (Å²) in [6, 6.07) is 5.39. The highest BCUT2D eigenvalue weighted by Crippen LogP contribution is 2.24. The molecule has 5 heteroatoms. The predicted molar refractivity (Wildman–Crippen MR) is 65.9 cm³/mol. The van der Waals surface area contributed by atoms with E-state index in [0.717, 1.165) is 5.69 Å². The quantitative estimate of drug-likeness (QED) is 0.918. The van der Waals surface area contributed by atoms with Crippen LogP contribution < -0.4 is 5.73 Å². The van der Waals surface area contributed by atoms with Gasteiger partial charge in [0.05, 0.1) is 0 Å². The minimum atomic E-state index is 0.308. The molecule has 0 bridgehead atoms. The number of halogens is 1. The lowest BCUT2D eigenvalue weighted by molar-refractivity contribution is 0.550. The molecule has 0 radical (unpaired) electrons. The minimum absolute atomic E-state index is 0.308. The number of furan rings is 1. The lowest BCUT2D eigenvalue weighted by atomic mass is 10.1. The summed E-state index contributed by atoms with van der Waals surface area (Å²) < 4.78 is 6.05. The second kappa shape index (κ2) is 4.25. The van der Waals surface area contributed by atoms with Crippen LogP contribution in [0.3, 0.4) is 0 Å². The number of anilines is 1. The topological polar surface area (TPSA) is 64.9 Å². The fourth-order valence-corrected chi connectivity index (χ4v) is 1.63. The van der Waals surface area contributed by atoms with Gasteiger partial charge in [0, 0.05) is 11.8 Å². The third-order valence-corrected chi connectivity index (χ3v) is 2.58.